The van der Waals surface area contributed by atoms with Gasteiger partial charge >= 0.3 is 12.1 Å². The van der Waals surface area contributed by atoms with Crippen molar-refractivity contribution >= 4 is 23.9 Å². The lowest BCUT2D eigenvalue weighted by molar-refractivity contribution is -0.212. The van der Waals surface area contributed by atoms with Crippen molar-refractivity contribution < 1.29 is 38.2 Å². The first-order valence-corrected chi connectivity index (χ1v) is 9.39. The molecule has 0 bridgehead atoms. The average Bonchev–Trinajstić information content (AvgIpc) is 2.92. The Balaban J connectivity index is 1.79. The minimum absolute atomic E-state index is 0.0137. The zero-order valence-corrected chi connectivity index (χ0v) is 17.3. The van der Waals surface area contributed by atoms with Gasteiger partial charge in [-0.3, -0.25) is 9.59 Å². The molecule has 2 heterocycles. The molecule has 10 nitrogen and oxygen atoms in total. The molecule has 1 saturated heterocycles. The fraction of sp³-hybridized carbons (Fsp3) is 0.500. The molecule has 3 amide bonds. The van der Waals surface area contributed by atoms with Crippen LogP contribution < -0.4 is 0 Å². The number of hydrogen-bond donors (Lipinski definition) is 0. The summed E-state index contributed by atoms with van der Waals surface area (Å²) < 4.78 is 16.1. The molecule has 0 N–H and O–H groups in total. The molecule has 1 atom stereocenters. The van der Waals surface area contributed by atoms with E-state index in [0.29, 0.717) is 5.06 Å². The number of amides is 3. The summed E-state index contributed by atoms with van der Waals surface area (Å²) in [6.45, 7) is 4.91. The van der Waals surface area contributed by atoms with E-state index >= 15 is 0 Å². The highest BCUT2D eigenvalue weighted by molar-refractivity contribution is 6.21. The van der Waals surface area contributed by atoms with Gasteiger partial charge in [-0.2, -0.15) is 0 Å². The highest BCUT2D eigenvalue weighted by Crippen LogP contribution is 2.27. The van der Waals surface area contributed by atoms with E-state index in [1.54, 1.807) is 32.9 Å². The number of imide groups is 1. The van der Waals surface area contributed by atoms with E-state index < -0.39 is 35.1 Å². The maximum Gasteiger partial charge on any atom is 0.410 e. The van der Waals surface area contributed by atoms with Gasteiger partial charge in [0.25, 0.3) is 11.8 Å². The topological polar surface area (TPSA) is 112 Å². The van der Waals surface area contributed by atoms with Crippen molar-refractivity contribution in [3.63, 3.8) is 0 Å². The number of rotatable bonds is 4. The van der Waals surface area contributed by atoms with Crippen LogP contribution in [-0.2, 0) is 23.8 Å². The van der Waals surface area contributed by atoms with Gasteiger partial charge in [0.1, 0.15) is 5.60 Å². The molecule has 0 spiro atoms. The number of fused-ring (bicyclic) bond motifs is 1. The lowest BCUT2D eigenvalue weighted by Gasteiger charge is -2.40. The molecular weight excluding hydrogens is 396 g/mol. The lowest BCUT2D eigenvalue weighted by atomic mass is 10.0. The van der Waals surface area contributed by atoms with Gasteiger partial charge in [0.15, 0.2) is 0 Å². The Kier molecular flexibility index (Phi) is 5.82. The zero-order valence-electron chi connectivity index (χ0n) is 17.3. The number of morpholine rings is 1. The van der Waals surface area contributed by atoms with Crippen LogP contribution in [0, 0.1) is 0 Å². The Bertz CT molecular complexity index is 839. The van der Waals surface area contributed by atoms with Crippen molar-refractivity contribution in [1.29, 1.82) is 0 Å². The van der Waals surface area contributed by atoms with E-state index in [9.17, 15) is 19.2 Å². The summed E-state index contributed by atoms with van der Waals surface area (Å²) >= 11 is 0. The van der Waals surface area contributed by atoms with Gasteiger partial charge in [0.05, 0.1) is 30.9 Å². The van der Waals surface area contributed by atoms with Gasteiger partial charge in [-0.05, 0) is 32.9 Å². The number of ether oxygens (including phenoxy) is 3. The Morgan fingerprint density at radius 2 is 1.73 bits per heavy atom. The van der Waals surface area contributed by atoms with Crippen molar-refractivity contribution in [3.05, 3.63) is 35.4 Å². The van der Waals surface area contributed by atoms with E-state index in [-0.39, 0.29) is 37.4 Å². The summed E-state index contributed by atoms with van der Waals surface area (Å²) in [4.78, 5) is 56.9. The van der Waals surface area contributed by atoms with Crippen LogP contribution in [0.15, 0.2) is 24.3 Å². The molecule has 2 aliphatic rings. The summed E-state index contributed by atoms with van der Waals surface area (Å²) in [5.74, 6) is -2.53. The molecule has 1 fully saturated rings. The predicted molar refractivity (Wildman–Crippen MR) is 101 cm³/mol. The second kappa shape index (κ2) is 8.04. The predicted octanol–water partition coefficient (Wildman–Crippen LogP) is 1.39. The number of hydroxylamine groups is 2. The molecular formula is C20H24N2O8. The first-order valence-electron chi connectivity index (χ1n) is 9.39. The Morgan fingerprint density at radius 3 is 2.27 bits per heavy atom. The normalized spacial score (nSPS) is 21.5. The summed E-state index contributed by atoms with van der Waals surface area (Å²) in [5, 5.41) is 0.403. The summed E-state index contributed by atoms with van der Waals surface area (Å²) in [5.41, 5.74) is -2.17. The van der Waals surface area contributed by atoms with Crippen LogP contribution in [-0.4, -0.2) is 78.5 Å². The standard InChI is InChI=1S/C20H24N2O8/c1-19(2,3)29-18(26)21-9-10-28-20(11-21,12-27-4)17(25)30-22-15(23)13-7-5-6-8-14(13)16(22)24/h5-8H,9-12H2,1-4H3. The quantitative estimate of drug-likeness (QED) is 0.672. The molecule has 0 aliphatic carbocycles. The maximum atomic E-state index is 13.0. The minimum Gasteiger partial charge on any atom is -0.444 e. The van der Waals surface area contributed by atoms with Crippen LogP contribution in [0.5, 0.6) is 0 Å². The first kappa shape index (κ1) is 21.7. The summed E-state index contributed by atoms with van der Waals surface area (Å²) in [6, 6.07) is 6.14. The largest absolute Gasteiger partial charge is 0.444 e. The van der Waals surface area contributed by atoms with Crippen molar-refractivity contribution in [3.8, 4) is 0 Å². The molecule has 10 heteroatoms. The van der Waals surface area contributed by atoms with Crippen molar-refractivity contribution in [1.82, 2.24) is 9.96 Å². The number of methoxy groups -OCH3 is 1. The highest BCUT2D eigenvalue weighted by Gasteiger charge is 2.50. The Morgan fingerprint density at radius 1 is 1.13 bits per heavy atom. The zero-order chi connectivity index (χ0) is 22.1. The fourth-order valence-corrected chi connectivity index (χ4v) is 3.19. The van der Waals surface area contributed by atoms with Gasteiger partial charge in [-0.15, -0.1) is 0 Å². The van der Waals surface area contributed by atoms with Crippen LogP contribution in [0.25, 0.3) is 0 Å². The molecule has 30 heavy (non-hydrogen) atoms. The van der Waals surface area contributed by atoms with E-state index in [4.69, 9.17) is 19.0 Å². The van der Waals surface area contributed by atoms with Crippen LogP contribution in [0.2, 0.25) is 0 Å². The molecule has 1 aromatic rings. The monoisotopic (exact) mass is 420 g/mol. The average molecular weight is 420 g/mol. The summed E-state index contributed by atoms with van der Waals surface area (Å²) in [7, 11) is 1.35. The number of carbonyl (C=O) groups excluding carboxylic acids is 4. The molecule has 162 valence electrons. The third-order valence-electron chi connectivity index (χ3n) is 4.52. The van der Waals surface area contributed by atoms with E-state index in [0.717, 1.165) is 0 Å². The van der Waals surface area contributed by atoms with Crippen LogP contribution in [0.4, 0.5) is 4.79 Å². The molecule has 0 radical (unpaired) electrons. The number of carbonyl (C=O) groups is 4. The number of hydrogen-bond acceptors (Lipinski definition) is 8. The molecule has 0 saturated carbocycles. The highest BCUT2D eigenvalue weighted by atomic mass is 16.7. The third-order valence-corrected chi connectivity index (χ3v) is 4.52. The maximum absolute atomic E-state index is 13.0. The number of benzene rings is 1. The summed E-state index contributed by atoms with van der Waals surface area (Å²) in [6.07, 6.45) is -0.625. The van der Waals surface area contributed by atoms with Gasteiger partial charge in [0, 0.05) is 13.7 Å². The van der Waals surface area contributed by atoms with E-state index in [2.05, 4.69) is 0 Å². The number of nitrogens with zero attached hydrogens (tertiary/aromatic N) is 2. The Labute approximate surface area is 173 Å². The smallest absolute Gasteiger partial charge is 0.410 e. The second-order valence-electron chi connectivity index (χ2n) is 8.01. The van der Waals surface area contributed by atoms with Crippen molar-refractivity contribution in [2.45, 2.75) is 32.0 Å². The lowest BCUT2D eigenvalue weighted by Crippen LogP contribution is -2.62. The van der Waals surface area contributed by atoms with Gasteiger partial charge in [-0.1, -0.05) is 17.2 Å². The minimum atomic E-state index is -1.72. The fourth-order valence-electron chi connectivity index (χ4n) is 3.19. The van der Waals surface area contributed by atoms with Crippen LogP contribution in [0.3, 0.4) is 0 Å². The van der Waals surface area contributed by atoms with Crippen LogP contribution in [0.1, 0.15) is 41.5 Å². The molecule has 2 aliphatic heterocycles. The van der Waals surface area contributed by atoms with Gasteiger partial charge in [0.2, 0.25) is 5.60 Å². The first-order chi connectivity index (χ1) is 14.1. The molecule has 3 rings (SSSR count). The molecule has 0 aromatic heterocycles. The van der Waals surface area contributed by atoms with Crippen LogP contribution >= 0.6 is 0 Å². The SMILES string of the molecule is COCC1(C(=O)ON2C(=O)c3ccccc3C2=O)CN(C(=O)OC(C)(C)C)CCO1. The van der Waals surface area contributed by atoms with E-state index in [1.165, 1.54) is 24.1 Å². The Hall–Kier alpha value is -2.98. The van der Waals surface area contributed by atoms with Gasteiger partial charge < -0.3 is 23.9 Å². The van der Waals surface area contributed by atoms with E-state index in [1.807, 2.05) is 0 Å². The molecule has 1 aromatic carbocycles. The molecule has 1 unspecified atom stereocenters. The van der Waals surface area contributed by atoms with Gasteiger partial charge in [-0.25, -0.2) is 9.59 Å². The third kappa shape index (κ3) is 4.14. The van der Waals surface area contributed by atoms with Crippen molar-refractivity contribution in [2.24, 2.45) is 0 Å². The van der Waals surface area contributed by atoms with Crippen molar-refractivity contribution in [2.75, 3.05) is 33.4 Å². The second-order valence-corrected chi connectivity index (χ2v) is 8.01.